The summed E-state index contributed by atoms with van der Waals surface area (Å²) in [5, 5.41) is 11.4. The van der Waals surface area contributed by atoms with Gasteiger partial charge in [-0.25, -0.2) is 8.78 Å². The van der Waals surface area contributed by atoms with E-state index in [-0.39, 0.29) is 12.5 Å². The zero-order valence-electron chi connectivity index (χ0n) is 10.6. The molecular formula is C12H13ClF3NO3. The minimum atomic E-state index is -1.74. The summed E-state index contributed by atoms with van der Waals surface area (Å²) in [6.45, 7) is 0.121. The Balaban J connectivity index is 2.97. The number of methoxy groups -OCH3 is 1. The number of phenolic OH excluding ortho intramolecular Hbond substituents is 1. The molecule has 0 aliphatic heterocycles. The Labute approximate surface area is 118 Å². The Bertz CT molecular complexity index is 493. The average Bonchev–Trinajstić information content (AvgIpc) is 2.41. The largest absolute Gasteiger partial charge is 0.503 e. The Hall–Kier alpha value is -1.47. The zero-order valence-corrected chi connectivity index (χ0v) is 11.3. The van der Waals surface area contributed by atoms with E-state index >= 15 is 0 Å². The molecule has 1 unspecified atom stereocenters. The predicted molar refractivity (Wildman–Crippen MR) is 66.4 cm³/mol. The maximum absolute atomic E-state index is 13.5. The Morgan fingerprint density at radius 3 is 2.65 bits per heavy atom. The highest BCUT2D eigenvalue weighted by atomic mass is 35.5. The van der Waals surface area contributed by atoms with Gasteiger partial charge in [-0.05, 0) is 12.5 Å². The molecule has 1 aromatic carbocycles. The monoisotopic (exact) mass is 311 g/mol. The highest BCUT2D eigenvalue weighted by Gasteiger charge is 2.23. The Kier molecular flexibility index (Phi) is 6.09. The van der Waals surface area contributed by atoms with Gasteiger partial charge in [-0.1, -0.05) is 0 Å². The third-order valence-corrected chi connectivity index (χ3v) is 2.76. The van der Waals surface area contributed by atoms with E-state index in [0.717, 1.165) is 0 Å². The van der Waals surface area contributed by atoms with Crippen molar-refractivity contribution >= 4 is 17.5 Å². The predicted octanol–water partition coefficient (Wildman–Crippen LogP) is 2.18. The van der Waals surface area contributed by atoms with Crippen LogP contribution in [0.3, 0.4) is 0 Å². The van der Waals surface area contributed by atoms with Gasteiger partial charge in [-0.3, -0.25) is 4.79 Å². The molecular weight excluding hydrogens is 299 g/mol. The van der Waals surface area contributed by atoms with Crippen LogP contribution in [0.2, 0.25) is 0 Å². The third kappa shape index (κ3) is 3.77. The number of rotatable bonds is 6. The molecule has 20 heavy (non-hydrogen) atoms. The van der Waals surface area contributed by atoms with Gasteiger partial charge in [0.15, 0.2) is 17.4 Å². The summed E-state index contributed by atoms with van der Waals surface area (Å²) in [4.78, 5) is 11.8. The van der Waals surface area contributed by atoms with Crippen molar-refractivity contribution in [2.24, 2.45) is 0 Å². The molecule has 1 aromatic rings. The molecule has 0 saturated carbocycles. The smallest absolute Gasteiger partial charge is 0.254 e. The highest BCUT2D eigenvalue weighted by Crippen LogP contribution is 2.25. The van der Waals surface area contributed by atoms with Gasteiger partial charge >= 0.3 is 0 Å². The number of hydrogen-bond acceptors (Lipinski definition) is 3. The lowest BCUT2D eigenvalue weighted by Crippen LogP contribution is -2.38. The van der Waals surface area contributed by atoms with Crippen molar-refractivity contribution < 1.29 is 27.8 Å². The lowest BCUT2D eigenvalue weighted by Gasteiger charge is -2.17. The van der Waals surface area contributed by atoms with Crippen molar-refractivity contribution in [3.05, 3.63) is 29.1 Å². The number of hydrogen-bond donors (Lipinski definition) is 2. The molecule has 0 saturated heterocycles. The standard InChI is InChI=1S/C12H13ClF3NO3/c1-20-5-6(2-3-13)17-12(19)7-4-8(14)10(16)11(18)9(7)15/h4,6,18H,2-3,5H2,1H3,(H,17,19). The molecule has 0 aromatic heterocycles. The Morgan fingerprint density at radius 1 is 1.45 bits per heavy atom. The second-order valence-electron chi connectivity index (χ2n) is 3.99. The summed E-state index contributed by atoms with van der Waals surface area (Å²) < 4.78 is 44.4. The van der Waals surface area contributed by atoms with Gasteiger partial charge in [0.1, 0.15) is 0 Å². The van der Waals surface area contributed by atoms with Crippen LogP contribution in [0.5, 0.6) is 5.75 Å². The lowest BCUT2D eigenvalue weighted by molar-refractivity contribution is 0.0889. The van der Waals surface area contributed by atoms with Gasteiger partial charge < -0.3 is 15.2 Å². The zero-order chi connectivity index (χ0) is 15.3. The summed E-state index contributed by atoms with van der Waals surface area (Å²) in [5.41, 5.74) is -0.794. The third-order valence-electron chi connectivity index (χ3n) is 2.54. The molecule has 0 aliphatic rings. The maximum Gasteiger partial charge on any atom is 0.254 e. The van der Waals surface area contributed by atoms with Crippen LogP contribution in [0.1, 0.15) is 16.8 Å². The van der Waals surface area contributed by atoms with E-state index in [9.17, 15) is 18.0 Å². The van der Waals surface area contributed by atoms with Crippen molar-refractivity contribution in [1.29, 1.82) is 0 Å². The van der Waals surface area contributed by atoms with E-state index in [1.54, 1.807) is 0 Å². The number of carbonyl (C=O) groups is 1. The van der Waals surface area contributed by atoms with E-state index in [2.05, 4.69) is 5.32 Å². The van der Waals surface area contributed by atoms with Crippen molar-refractivity contribution in [3.8, 4) is 5.75 Å². The van der Waals surface area contributed by atoms with Gasteiger partial charge in [0.05, 0.1) is 18.2 Å². The molecule has 1 rings (SSSR count). The molecule has 0 fully saturated rings. The average molecular weight is 312 g/mol. The molecule has 2 N–H and O–H groups in total. The van der Waals surface area contributed by atoms with E-state index in [0.29, 0.717) is 12.5 Å². The van der Waals surface area contributed by atoms with Crippen molar-refractivity contribution in [1.82, 2.24) is 5.32 Å². The second kappa shape index (κ2) is 7.35. The minimum Gasteiger partial charge on any atom is -0.503 e. The molecule has 0 bridgehead atoms. The quantitative estimate of drug-likeness (QED) is 0.625. The molecule has 1 atom stereocenters. The normalized spacial score (nSPS) is 12.2. The van der Waals surface area contributed by atoms with E-state index in [4.69, 9.17) is 21.4 Å². The van der Waals surface area contributed by atoms with Crippen LogP contribution in [-0.4, -0.2) is 36.7 Å². The van der Waals surface area contributed by atoms with E-state index in [1.165, 1.54) is 7.11 Å². The summed E-state index contributed by atoms with van der Waals surface area (Å²) >= 11 is 5.53. The fraction of sp³-hybridized carbons (Fsp3) is 0.417. The molecule has 0 spiro atoms. The Morgan fingerprint density at radius 2 is 2.10 bits per heavy atom. The van der Waals surface area contributed by atoms with Crippen LogP contribution in [0.4, 0.5) is 13.2 Å². The van der Waals surface area contributed by atoms with Crippen LogP contribution in [0, 0.1) is 17.5 Å². The van der Waals surface area contributed by atoms with Crippen molar-refractivity contribution in [2.45, 2.75) is 12.5 Å². The lowest BCUT2D eigenvalue weighted by atomic mass is 10.1. The number of ether oxygens (including phenoxy) is 1. The summed E-state index contributed by atoms with van der Waals surface area (Å²) in [7, 11) is 1.40. The van der Waals surface area contributed by atoms with Crippen LogP contribution < -0.4 is 5.32 Å². The topological polar surface area (TPSA) is 58.6 Å². The minimum absolute atomic E-state index is 0.121. The van der Waals surface area contributed by atoms with Crippen LogP contribution in [0.25, 0.3) is 0 Å². The van der Waals surface area contributed by atoms with Gasteiger partial charge in [-0.15, -0.1) is 11.6 Å². The summed E-state index contributed by atoms with van der Waals surface area (Å²) in [5.74, 6) is -7.09. The van der Waals surface area contributed by atoms with Crippen molar-refractivity contribution in [3.63, 3.8) is 0 Å². The second-order valence-corrected chi connectivity index (χ2v) is 4.36. The van der Waals surface area contributed by atoms with Crippen LogP contribution >= 0.6 is 11.6 Å². The molecule has 0 radical (unpaired) electrons. The number of amides is 1. The number of aromatic hydroxyl groups is 1. The molecule has 1 amide bonds. The number of benzene rings is 1. The van der Waals surface area contributed by atoms with Crippen LogP contribution in [-0.2, 0) is 4.74 Å². The van der Waals surface area contributed by atoms with Crippen molar-refractivity contribution in [2.75, 3.05) is 19.6 Å². The summed E-state index contributed by atoms with van der Waals surface area (Å²) in [6.07, 6.45) is 0.346. The first-order valence-electron chi connectivity index (χ1n) is 5.64. The fourth-order valence-electron chi connectivity index (χ4n) is 1.55. The number of carbonyl (C=O) groups excluding carboxylic acids is 1. The molecule has 112 valence electrons. The van der Waals surface area contributed by atoms with Gasteiger partial charge in [0.2, 0.25) is 5.82 Å². The fourth-order valence-corrected chi connectivity index (χ4v) is 1.81. The number of halogens is 4. The SMILES string of the molecule is COCC(CCCl)NC(=O)c1cc(F)c(F)c(O)c1F. The molecule has 4 nitrogen and oxygen atoms in total. The highest BCUT2D eigenvalue weighted by molar-refractivity contribution is 6.17. The van der Waals surface area contributed by atoms with Crippen LogP contribution in [0.15, 0.2) is 6.07 Å². The first kappa shape index (κ1) is 16.6. The first-order valence-corrected chi connectivity index (χ1v) is 6.18. The molecule has 0 aliphatic carbocycles. The maximum atomic E-state index is 13.5. The van der Waals surface area contributed by atoms with E-state index in [1.807, 2.05) is 0 Å². The first-order chi connectivity index (χ1) is 9.42. The van der Waals surface area contributed by atoms with E-state index < -0.39 is 40.7 Å². The summed E-state index contributed by atoms with van der Waals surface area (Å²) in [6, 6.07) is -0.135. The van der Waals surface area contributed by atoms with Gasteiger partial charge in [-0.2, -0.15) is 4.39 Å². The van der Waals surface area contributed by atoms with Gasteiger partial charge in [0.25, 0.3) is 5.91 Å². The molecule has 8 heteroatoms. The van der Waals surface area contributed by atoms with Gasteiger partial charge in [0, 0.05) is 13.0 Å². The number of alkyl halides is 1. The number of nitrogens with one attached hydrogen (secondary N) is 1. The molecule has 0 heterocycles. The number of phenols is 1.